The second-order valence-electron chi connectivity index (χ2n) is 14.3. The van der Waals surface area contributed by atoms with Gasteiger partial charge in [0.15, 0.2) is 11.4 Å². The molecule has 11 nitrogen and oxygen atoms in total. The van der Waals surface area contributed by atoms with Crippen molar-refractivity contribution >= 4 is 24.9 Å². The van der Waals surface area contributed by atoms with Crippen molar-refractivity contribution in [2.45, 2.75) is 56.1 Å². The Morgan fingerprint density at radius 1 is 0.981 bits per heavy atom. The van der Waals surface area contributed by atoms with Crippen LogP contribution in [0.5, 0.6) is 11.5 Å². The summed E-state index contributed by atoms with van der Waals surface area (Å²) in [7, 11) is 2.55. The predicted molar refractivity (Wildman–Crippen MR) is 202 cm³/mol. The Bertz CT molecular complexity index is 2130. The SMILES string of the molecule is COc1ccc([Si](C)(C)[C@H]2[C@H](CCn3cc(C(CO)c4ccccc4)nn3)O[C@@]3(C(=O)N(C)c4ccc(-n5cccc(OC)c5=O)cc43)[C@@H]2C)cc1. The highest BCUT2D eigenvalue weighted by Crippen LogP contribution is 2.60. The molecule has 1 N–H and O–H groups in total. The lowest BCUT2D eigenvalue weighted by Gasteiger charge is -2.37. The lowest BCUT2D eigenvalue weighted by molar-refractivity contribution is -0.145. The molecular weight excluding hydrogens is 675 g/mol. The van der Waals surface area contributed by atoms with E-state index in [4.69, 9.17) is 14.2 Å². The molecule has 5 atom stereocenters. The summed E-state index contributed by atoms with van der Waals surface area (Å²) in [5, 5.41) is 20.4. The van der Waals surface area contributed by atoms with E-state index in [2.05, 4.69) is 42.5 Å². The first-order valence-electron chi connectivity index (χ1n) is 17.6. The third-order valence-corrected chi connectivity index (χ3v) is 15.7. The third-order valence-electron chi connectivity index (χ3n) is 11.3. The molecule has 0 saturated carbocycles. The number of rotatable bonds is 11. The van der Waals surface area contributed by atoms with Crippen LogP contribution in [0.4, 0.5) is 5.69 Å². The molecule has 1 saturated heterocycles. The van der Waals surface area contributed by atoms with Gasteiger partial charge in [-0.15, -0.1) is 5.10 Å². The van der Waals surface area contributed by atoms with Crippen molar-refractivity contribution in [1.82, 2.24) is 19.6 Å². The number of aromatic nitrogens is 4. The number of likely N-dealkylation sites (N-methyl/N-ethyl adjacent to an activating group) is 1. The maximum Gasteiger partial charge on any atom is 0.297 e. The Morgan fingerprint density at radius 2 is 1.73 bits per heavy atom. The number of hydrogen-bond donors (Lipinski definition) is 1. The lowest BCUT2D eigenvalue weighted by Crippen LogP contribution is -2.51. The second-order valence-corrected chi connectivity index (χ2v) is 19.0. The molecule has 5 aromatic rings. The number of aryl methyl sites for hydroxylation is 1. The number of nitrogens with zero attached hydrogens (tertiary/aromatic N) is 5. The topological polar surface area (TPSA) is 121 Å². The van der Waals surface area contributed by atoms with E-state index >= 15 is 0 Å². The zero-order valence-electron chi connectivity index (χ0n) is 30.4. The van der Waals surface area contributed by atoms with Crippen LogP contribution in [0, 0.1) is 5.92 Å². The minimum absolute atomic E-state index is 0.0184. The number of carbonyl (C=O) groups is 1. The van der Waals surface area contributed by atoms with Gasteiger partial charge in [-0.1, -0.05) is 72.9 Å². The minimum Gasteiger partial charge on any atom is -0.497 e. The van der Waals surface area contributed by atoms with Crippen molar-refractivity contribution < 1.29 is 24.1 Å². The van der Waals surface area contributed by atoms with Crippen molar-refractivity contribution in [2.24, 2.45) is 5.92 Å². The molecule has 1 unspecified atom stereocenters. The highest BCUT2D eigenvalue weighted by Gasteiger charge is 2.65. The highest BCUT2D eigenvalue weighted by molar-refractivity contribution is 6.91. The number of benzene rings is 3. The molecule has 2 aliphatic rings. The maximum atomic E-state index is 14.6. The fraction of sp³-hybridized carbons (Fsp3) is 0.350. The van der Waals surface area contributed by atoms with Crippen LogP contribution in [0.3, 0.4) is 0 Å². The smallest absolute Gasteiger partial charge is 0.297 e. The van der Waals surface area contributed by atoms with Gasteiger partial charge >= 0.3 is 0 Å². The van der Waals surface area contributed by atoms with Crippen LogP contribution in [-0.2, 0) is 21.7 Å². The quantitative estimate of drug-likeness (QED) is 0.193. The van der Waals surface area contributed by atoms with E-state index in [-0.39, 0.29) is 47.3 Å². The van der Waals surface area contributed by atoms with Gasteiger partial charge in [0.25, 0.3) is 11.5 Å². The number of anilines is 1. The first-order chi connectivity index (χ1) is 25.0. The van der Waals surface area contributed by atoms with Gasteiger partial charge < -0.3 is 24.2 Å². The van der Waals surface area contributed by atoms with Crippen LogP contribution >= 0.6 is 0 Å². The van der Waals surface area contributed by atoms with Crippen LogP contribution in [0.25, 0.3) is 5.69 Å². The summed E-state index contributed by atoms with van der Waals surface area (Å²) in [4.78, 5) is 29.6. The van der Waals surface area contributed by atoms with Gasteiger partial charge in [0.2, 0.25) is 0 Å². The molecule has 2 aliphatic heterocycles. The van der Waals surface area contributed by atoms with Gasteiger partial charge in [-0.2, -0.15) is 0 Å². The molecule has 3 aromatic carbocycles. The van der Waals surface area contributed by atoms with Crippen molar-refractivity contribution in [2.75, 3.05) is 32.8 Å². The van der Waals surface area contributed by atoms with Gasteiger partial charge in [-0.25, -0.2) is 0 Å². The fourth-order valence-corrected chi connectivity index (χ4v) is 12.6. The van der Waals surface area contributed by atoms with Gasteiger partial charge in [0.1, 0.15) is 5.75 Å². The highest BCUT2D eigenvalue weighted by atomic mass is 28.3. The molecule has 270 valence electrons. The summed E-state index contributed by atoms with van der Waals surface area (Å²) in [6.07, 6.45) is 3.88. The second kappa shape index (κ2) is 13.8. The largest absolute Gasteiger partial charge is 0.497 e. The summed E-state index contributed by atoms with van der Waals surface area (Å²) in [5.74, 6) is 0.406. The molecule has 7 rings (SSSR count). The van der Waals surface area contributed by atoms with Crippen LogP contribution in [0.1, 0.15) is 36.1 Å². The molecule has 1 spiro atoms. The Balaban J connectivity index is 1.28. The molecule has 2 aromatic heterocycles. The molecule has 0 aliphatic carbocycles. The summed E-state index contributed by atoms with van der Waals surface area (Å²) >= 11 is 0. The van der Waals surface area contributed by atoms with E-state index in [9.17, 15) is 14.7 Å². The van der Waals surface area contributed by atoms with Crippen LogP contribution in [-0.4, -0.2) is 72.6 Å². The molecule has 4 heterocycles. The third kappa shape index (κ3) is 5.75. The molecule has 52 heavy (non-hydrogen) atoms. The van der Waals surface area contributed by atoms with Crippen LogP contribution < -0.4 is 25.1 Å². The van der Waals surface area contributed by atoms with E-state index in [0.29, 0.717) is 24.3 Å². The Morgan fingerprint density at radius 3 is 2.42 bits per heavy atom. The van der Waals surface area contributed by atoms with E-state index < -0.39 is 13.7 Å². The number of carbonyl (C=O) groups excluding carboxylic acids is 1. The predicted octanol–water partition coefficient (Wildman–Crippen LogP) is 4.85. The molecular formula is C40H45N5O6Si. The van der Waals surface area contributed by atoms with E-state index in [0.717, 1.165) is 22.6 Å². The van der Waals surface area contributed by atoms with Gasteiger partial charge in [-0.05, 0) is 60.0 Å². The number of methoxy groups -OCH3 is 2. The number of hydrogen-bond acceptors (Lipinski definition) is 8. The number of ether oxygens (including phenoxy) is 3. The normalized spacial score (nSPS) is 21.8. The number of amides is 1. The molecule has 1 amide bonds. The minimum atomic E-state index is -2.38. The average Bonchev–Trinajstić information content (AvgIpc) is 3.82. The van der Waals surface area contributed by atoms with Gasteiger partial charge in [0.05, 0.1) is 52.3 Å². The Labute approximate surface area is 304 Å². The van der Waals surface area contributed by atoms with Crippen molar-refractivity contribution in [1.29, 1.82) is 0 Å². The number of pyridine rings is 1. The summed E-state index contributed by atoms with van der Waals surface area (Å²) < 4.78 is 21.4. The Kier molecular flexibility index (Phi) is 9.40. The number of aliphatic hydroxyl groups is 1. The van der Waals surface area contributed by atoms with E-state index in [1.165, 1.54) is 16.9 Å². The van der Waals surface area contributed by atoms with E-state index in [1.807, 2.05) is 71.5 Å². The zero-order valence-corrected chi connectivity index (χ0v) is 31.4. The van der Waals surface area contributed by atoms with Gasteiger partial charge in [0, 0.05) is 43.2 Å². The van der Waals surface area contributed by atoms with Crippen LogP contribution in [0.2, 0.25) is 18.6 Å². The first kappa shape index (κ1) is 35.4. The monoisotopic (exact) mass is 719 g/mol. The summed E-state index contributed by atoms with van der Waals surface area (Å²) in [6, 6.07) is 27.2. The number of fused-ring (bicyclic) bond motifs is 2. The lowest BCUT2D eigenvalue weighted by atomic mass is 9.82. The molecule has 1 fully saturated rings. The first-order valence-corrected chi connectivity index (χ1v) is 20.7. The van der Waals surface area contributed by atoms with Crippen molar-refractivity contribution in [3.05, 3.63) is 124 Å². The van der Waals surface area contributed by atoms with Crippen LogP contribution in [0.15, 0.2) is 102 Å². The maximum absolute atomic E-state index is 14.6. The molecule has 0 bridgehead atoms. The zero-order chi connectivity index (χ0) is 36.8. The van der Waals surface area contributed by atoms with E-state index in [1.54, 1.807) is 37.4 Å². The fourth-order valence-electron chi connectivity index (χ4n) is 8.56. The summed E-state index contributed by atoms with van der Waals surface area (Å²) in [5.41, 5.74) is 2.26. The summed E-state index contributed by atoms with van der Waals surface area (Å²) in [6.45, 7) is 7.26. The molecule has 0 radical (unpaired) electrons. The van der Waals surface area contributed by atoms with Crippen molar-refractivity contribution in [3.63, 3.8) is 0 Å². The van der Waals surface area contributed by atoms with Crippen molar-refractivity contribution in [3.8, 4) is 17.2 Å². The average molecular weight is 720 g/mol. The standard InChI is InChI=1S/C40H45N5O6Si/c1-26-37(52(5,6)30-17-15-29(49-3)16-18-30)35(20-22-44-24-33(41-42-44)31(25-46)27-11-8-7-9-12-27)51-40(26)32-23-28(14-19-34(32)43(2)39(40)48)45-21-10-13-36(50-4)38(45)47/h7-19,21,23-24,26,31,35,37,46H,20,22,25H2,1-6H3/t26-,31?,35+,37-,40+/m1/s1. The molecule has 12 heteroatoms. The Hall–Kier alpha value is -5.04. The number of aliphatic hydroxyl groups excluding tert-OH is 1. The van der Waals surface area contributed by atoms with Gasteiger partial charge in [-0.3, -0.25) is 18.8 Å².